The lowest BCUT2D eigenvalue weighted by Crippen LogP contribution is -2.40. The third-order valence-corrected chi connectivity index (χ3v) is 4.03. The van der Waals surface area contributed by atoms with Crippen LogP contribution in [-0.2, 0) is 9.59 Å². The van der Waals surface area contributed by atoms with E-state index in [0.29, 0.717) is 19.4 Å². The number of anilines is 1. The Balaban J connectivity index is 1.96. The van der Waals surface area contributed by atoms with Crippen LogP contribution in [0.15, 0.2) is 24.3 Å². The number of hydrogen-bond donors (Lipinski definition) is 1. The van der Waals surface area contributed by atoms with Crippen LogP contribution in [-0.4, -0.2) is 23.5 Å². The molecule has 1 aromatic carbocycles. The van der Waals surface area contributed by atoms with Gasteiger partial charge in [-0.15, -0.1) is 0 Å². The molecule has 1 fully saturated rings. The number of amides is 1. The van der Waals surface area contributed by atoms with E-state index >= 15 is 0 Å². The summed E-state index contributed by atoms with van der Waals surface area (Å²) in [5, 5.41) is 9.20. The van der Waals surface area contributed by atoms with Gasteiger partial charge in [0.05, 0.1) is 0 Å². The second kappa shape index (κ2) is 3.57. The van der Waals surface area contributed by atoms with E-state index in [-0.39, 0.29) is 11.8 Å². The molecule has 1 aromatic rings. The van der Waals surface area contributed by atoms with Crippen LogP contribution in [0.3, 0.4) is 0 Å². The van der Waals surface area contributed by atoms with Crippen molar-refractivity contribution in [1.82, 2.24) is 0 Å². The molecule has 1 aliphatic heterocycles. The van der Waals surface area contributed by atoms with Gasteiger partial charge in [0.15, 0.2) is 0 Å². The van der Waals surface area contributed by atoms with Crippen LogP contribution in [0.1, 0.15) is 31.2 Å². The number of nitrogens with zero attached hydrogens (tertiary/aromatic N) is 1. The van der Waals surface area contributed by atoms with Crippen LogP contribution >= 0.6 is 0 Å². The van der Waals surface area contributed by atoms with Crippen molar-refractivity contribution >= 4 is 17.6 Å². The van der Waals surface area contributed by atoms with Crippen LogP contribution < -0.4 is 4.90 Å². The van der Waals surface area contributed by atoms with Gasteiger partial charge in [-0.2, -0.15) is 0 Å². The molecular weight excluding hydrogens is 230 g/mol. The van der Waals surface area contributed by atoms with Crippen molar-refractivity contribution in [2.24, 2.45) is 5.41 Å². The highest BCUT2D eigenvalue weighted by Crippen LogP contribution is 2.50. The first-order valence-corrected chi connectivity index (χ1v) is 6.20. The average molecular weight is 245 g/mol. The van der Waals surface area contributed by atoms with E-state index in [9.17, 15) is 14.7 Å². The highest BCUT2D eigenvalue weighted by atomic mass is 16.4. The molecule has 4 heteroatoms. The number of aliphatic carboxylic acids is 1. The standard InChI is InChI=1S/C14H15NO3/c1-9-8-15(11-5-3-2-4-10(9)11)12(16)14(6-7-14)13(17)18/h2-5,9H,6-8H2,1H3,(H,17,18)/t9-/m0/s1. The normalized spacial score (nSPS) is 23.6. The lowest BCUT2D eigenvalue weighted by molar-refractivity contribution is -0.148. The Morgan fingerprint density at radius 3 is 2.61 bits per heavy atom. The summed E-state index contributed by atoms with van der Waals surface area (Å²) >= 11 is 0. The van der Waals surface area contributed by atoms with Gasteiger partial charge in [0.25, 0.3) is 0 Å². The molecule has 1 amide bonds. The van der Waals surface area contributed by atoms with E-state index in [2.05, 4.69) is 6.92 Å². The molecule has 0 spiro atoms. The third kappa shape index (κ3) is 1.38. The maximum Gasteiger partial charge on any atom is 0.319 e. The summed E-state index contributed by atoms with van der Waals surface area (Å²) in [6, 6.07) is 7.74. The number of rotatable bonds is 2. The van der Waals surface area contributed by atoms with Gasteiger partial charge >= 0.3 is 5.97 Å². The van der Waals surface area contributed by atoms with Crippen LogP contribution in [0.5, 0.6) is 0 Å². The van der Waals surface area contributed by atoms with E-state index in [4.69, 9.17) is 0 Å². The lowest BCUT2D eigenvalue weighted by Gasteiger charge is -2.21. The summed E-state index contributed by atoms with van der Waals surface area (Å²) in [6.07, 6.45) is 0.933. The maximum atomic E-state index is 12.4. The van der Waals surface area contributed by atoms with Crippen LogP contribution in [0, 0.1) is 5.41 Å². The Labute approximate surface area is 105 Å². The number of carbonyl (C=O) groups is 2. The fraction of sp³-hybridized carbons (Fsp3) is 0.429. The molecule has 3 rings (SSSR count). The molecular formula is C14H15NO3. The fourth-order valence-corrected chi connectivity index (χ4v) is 2.72. The molecule has 0 bridgehead atoms. The van der Waals surface area contributed by atoms with Crippen molar-refractivity contribution < 1.29 is 14.7 Å². The molecule has 0 aromatic heterocycles. The Bertz CT molecular complexity index is 534. The van der Waals surface area contributed by atoms with E-state index in [0.717, 1.165) is 11.3 Å². The van der Waals surface area contributed by atoms with Gasteiger partial charge in [-0.3, -0.25) is 9.59 Å². The molecule has 0 unspecified atom stereocenters. The molecule has 18 heavy (non-hydrogen) atoms. The molecule has 94 valence electrons. The van der Waals surface area contributed by atoms with E-state index in [1.807, 2.05) is 24.3 Å². The number of fused-ring (bicyclic) bond motifs is 1. The first-order chi connectivity index (χ1) is 8.56. The monoisotopic (exact) mass is 245 g/mol. The van der Waals surface area contributed by atoms with Gasteiger partial charge in [-0.05, 0) is 24.5 Å². The third-order valence-electron chi connectivity index (χ3n) is 4.03. The molecule has 1 saturated carbocycles. The van der Waals surface area contributed by atoms with Crippen molar-refractivity contribution in [2.75, 3.05) is 11.4 Å². The first kappa shape index (κ1) is 11.3. The Hall–Kier alpha value is -1.84. The molecule has 1 N–H and O–H groups in total. The fourth-order valence-electron chi connectivity index (χ4n) is 2.72. The topological polar surface area (TPSA) is 57.6 Å². The molecule has 0 saturated heterocycles. The Kier molecular flexibility index (Phi) is 2.24. The Morgan fingerprint density at radius 1 is 1.33 bits per heavy atom. The van der Waals surface area contributed by atoms with Crippen molar-refractivity contribution in [3.05, 3.63) is 29.8 Å². The molecule has 1 aliphatic carbocycles. The van der Waals surface area contributed by atoms with Crippen molar-refractivity contribution in [3.8, 4) is 0 Å². The lowest BCUT2D eigenvalue weighted by atomic mass is 10.0. The predicted molar refractivity (Wildman–Crippen MR) is 66.5 cm³/mol. The van der Waals surface area contributed by atoms with E-state index < -0.39 is 11.4 Å². The summed E-state index contributed by atoms with van der Waals surface area (Å²) < 4.78 is 0. The number of hydrogen-bond acceptors (Lipinski definition) is 2. The molecule has 1 heterocycles. The van der Waals surface area contributed by atoms with Crippen LogP contribution in [0.25, 0.3) is 0 Å². The molecule has 1 atom stereocenters. The smallest absolute Gasteiger partial charge is 0.319 e. The highest BCUT2D eigenvalue weighted by molar-refractivity contribution is 6.12. The number of carbonyl (C=O) groups excluding carboxylic acids is 1. The zero-order valence-corrected chi connectivity index (χ0v) is 10.2. The van der Waals surface area contributed by atoms with Crippen molar-refractivity contribution in [1.29, 1.82) is 0 Å². The molecule has 2 aliphatic rings. The van der Waals surface area contributed by atoms with Gasteiger partial charge in [0.1, 0.15) is 5.41 Å². The summed E-state index contributed by atoms with van der Waals surface area (Å²) in [5.74, 6) is -0.953. The van der Waals surface area contributed by atoms with Gasteiger partial charge in [0, 0.05) is 18.2 Å². The van der Waals surface area contributed by atoms with Crippen LogP contribution in [0.2, 0.25) is 0 Å². The van der Waals surface area contributed by atoms with Gasteiger partial charge in [-0.25, -0.2) is 0 Å². The van der Waals surface area contributed by atoms with E-state index in [1.165, 1.54) is 0 Å². The second-order valence-corrected chi connectivity index (χ2v) is 5.26. The minimum Gasteiger partial charge on any atom is -0.480 e. The summed E-state index contributed by atoms with van der Waals surface area (Å²) in [7, 11) is 0. The number of benzene rings is 1. The van der Waals surface area contributed by atoms with E-state index in [1.54, 1.807) is 4.90 Å². The predicted octanol–water partition coefficient (Wildman–Crippen LogP) is 2.00. The first-order valence-electron chi connectivity index (χ1n) is 6.20. The quantitative estimate of drug-likeness (QED) is 0.811. The minimum atomic E-state index is -1.14. The zero-order valence-electron chi connectivity index (χ0n) is 10.2. The van der Waals surface area contributed by atoms with Gasteiger partial charge in [0.2, 0.25) is 5.91 Å². The SMILES string of the molecule is C[C@H]1CN(C(=O)C2(C(=O)O)CC2)c2ccccc21. The highest BCUT2D eigenvalue weighted by Gasteiger charge is 2.59. The number of para-hydroxylation sites is 1. The maximum absolute atomic E-state index is 12.4. The number of carboxylic acid groups (broad SMARTS) is 1. The molecule has 0 radical (unpaired) electrons. The largest absolute Gasteiger partial charge is 0.480 e. The van der Waals surface area contributed by atoms with Crippen LogP contribution in [0.4, 0.5) is 5.69 Å². The second-order valence-electron chi connectivity index (χ2n) is 5.26. The van der Waals surface area contributed by atoms with Gasteiger partial charge < -0.3 is 10.0 Å². The van der Waals surface area contributed by atoms with Gasteiger partial charge in [-0.1, -0.05) is 25.1 Å². The minimum absolute atomic E-state index is 0.244. The molecule has 4 nitrogen and oxygen atoms in total. The summed E-state index contributed by atoms with van der Waals surface area (Å²) in [6.45, 7) is 2.65. The Morgan fingerprint density at radius 2 is 2.00 bits per heavy atom. The summed E-state index contributed by atoms with van der Waals surface area (Å²) in [5.41, 5.74) is 0.867. The average Bonchev–Trinajstić information content (AvgIpc) is 3.11. The zero-order chi connectivity index (χ0) is 12.9. The summed E-state index contributed by atoms with van der Waals surface area (Å²) in [4.78, 5) is 25.3. The van der Waals surface area contributed by atoms with Crippen molar-refractivity contribution in [2.45, 2.75) is 25.7 Å². The number of carboxylic acids is 1. The van der Waals surface area contributed by atoms with Crippen molar-refractivity contribution in [3.63, 3.8) is 0 Å².